The van der Waals surface area contributed by atoms with E-state index < -0.39 is 0 Å². The van der Waals surface area contributed by atoms with Crippen molar-refractivity contribution >= 4 is 28.2 Å². The fourth-order valence-electron chi connectivity index (χ4n) is 1.03. The fraction of sp³-hybridized carbons (Fsp3) is 0.375. The molecule has 0 atom stereocenters. The van der Waals surface area contributed by atoms with Gasteiger partial charge in [-0.3, -0.25) is 0 Å². The van der Waals surface area contributed by atoms with Gasteiger partial charge < -0.3 is 9.88 Å². The Bertz CT molecular complexity index is 436. The van der Waals surface area contributed by atoms with Crippen LogP contribution in [-0.4, -0.2) is 26.8 Å². The van der Waals surface area contributed by atoms with Gasteiger partial charge >= 0.3 is 0 Å². The monoisotopic (exact) mass is 241 g/mol. The minimum Gasteiger partial charge on any atom is -0.363 e. The highest BCUT2D eigenvalue weighted by Crippen LogP contribution is 2.23. The minimum atomic E-state index is 0.810. The Kier molecular flexibility index (Phi) is 3.22. The minimum absolute atomic E-state index is 0.810. The molecule has 0 aliphatic heterocycles. The third kappa shape index (κ3) is 2.48. The van der Waals surface area contributed by atoms with E-state index in [1.54, 1.807) is 29.3 Å². The first-order valence-electron chi connectivity index (χ1n) is 4.40. The number of nitrogens with zero attached hydrogens (tertiary/aromatic N) is 4. The van der Waals surface area contributed by atoms with Crippen molar-refractivity contribution in [1.29, 1.82) is 0 Å². The molecule has 0 saturated carbocycles. The molecule has 2 heterocycles. The van der Waals surface area contributed by atoms with E-state index in [-0.39, 0.29) is 0 Å². The Morgan fingerprint density at radius 3 is 3.00 bits per heavy atom. The summed E-state index contributed by atoms with van der Waals surface area (Å²) in [6, 6.07) is 0. The number of thioether (sulfide) groups is 1. The van der Waals surface area contributed by atoms with Gasteiger partial charge in [-0.05, 0) is 0 Å². The highest BCUT2D eigenvalue weighted by Gasteiger charge is 2.05. The predicted molar refractivity (Wildman–Crippen MR) is 62.2 cm³/mol. The van der Waals surface area contributed by atoms with Crippen LogP contribution in [0.1, 0.15) is 5.01 Å². The Hall–Kier alpha value is -1.08. The number of anilines is 1. The van der Waals surface area contributed by atoms with Crippen molar-refractivity contribution in [2.75, 3.05) is 12.4 Å². The smallest absolute Gasteiger partial charge is 0.205 e. The summed E-state index contributed by atoms with van der Waals surface area (Å²) in [5.74, 6) is 0.810. The summed E-state index contributed by atoms with van der Waals surface area (Å²) >= 11 is 3.23. The van der Waals surface area contributed by atoms with E-state index in [9.17, 15) is 0 Å². The number of hydrogen-bond donors (Lipinski definition) is 1. The first kappa shape index (κ1) is 10.4. The maximum Gasteiger partial charge on any atom is 0.205 e. The van der Waals surface area contributed by atoms with Crippen LogP contribution in [0.2, 0.25) is 0 Å². The van der Waals surface area contributed by atoms with Crippen LogP contribution in [0, 0.1) is 0 Å². The van der Waals surface area contributed by atoms with E-state index >= 15 is 0 Å². The third-order valence-electron chi connectivity index (χ3n) is 1.78. The van der Waals surface area contributed by atoms with Crippen LogP contribution < -0.4 is 5.32 Å². The second-order valence-corrected chi connectivity index (χ2v) is 4.86. The molecule has 0 fully saturated rings. The largest absolute Gasteiger partial charge is 0.363 e. The van der Waals surface area contributed by atoms with Crippen LogP contribution in [0.15, 0.2) is 17.6 Å². The summed E-state index contributed by atoms with van der Waals surface area (Å²) in [5.41, 5.74) is 0. The molecule has 0 aliphatic rings. The zero-order chi connectivity index (χ0) is 10.7. The van der Waals surface area contributed by atoms with Gasteiger partial charge in [0.05, 0.1) is 5.75 Å². The highest BCUT2D eigenvalue weighted by molar-refractivity contribution is 7.98. The molecule has 0 amide bonds. The lowest BCUT2D eigenvalue weighted by atomic mass is 10.9. The summed E-state index contributed by atoms with van der Waals surface area (Å²) in [5, 5.41) is 13.9. The fourth-order valence-corrected chi connectivity index (χ4v) is 2.64. The second-order valence-electron chi connectivity index (χ2n) is 2.86. The first-order chi connectivity index (χ1) is 7.29. The Morgan fingerprint density at radius 1 is 1.53 bits per heavy atom. The van der Waals surface area contributed by atoms with Crippen molar-refractivity contribution in [3.63, 3.8) is 0 Å². The van der Waals surface area contributed by atoms with E-state index in [1.807, 2.05) is 24.9 Å². The van der Waals surface area contributed by atoms with E-state index in [0.717, 1.165) is 21.0 Å². The van der Waals surface area contributed by atoms with Crippen LogP contribution in [0.4, 0.5) is 5.13 Å². The molecule has 0 saturated heterocycles. The molecule has 15 heavy (non-hydrogen) atoms. The zero-order valence-electron chi connectivity index (χ0n) is 8.47. The Morgan fingerprint density at radius 2 is 2.40 bits per heavy atom. The van der Waals surface area contributed by atoms with Crippen LogP contribution in [0.25, 0.3) is 0 Å². The molecule has 0 aliphatic carbocycles. The van der Waals surface area contributed by atoms with E-state index in [0.29, 0.717) is 0 Å². The van der Waals surface area contributed by atoms with Crippen LogP contribution >= 0.6 is 23.1 Å². The molecule has 0 aromatic carbocycles. The molecular weight excluding hydrogens is 230 g/mol. The van der Waals surface area contributed by atoms with Gasteiger partial charge in [-0.15, -0.1) is 10.2 Å². The predicted octanol–water partition coefficient (Wildman–Crippen LogP) is 1.61. The maximum atomic E-state index is 4.22. The Balaban J connectivity index is 1.96. The second kappa shape index (κ2) is 4.63. The quantitative estimate of drug-likeness (QED) is 0.824. The average molecular weight is 241 g/mol. The molecule has 7 heteroatoms. The number of aromatic nitrogens is 4. The Labute approximate surface area is 95.9 Å². The van der Waals surface area contributed by atoms with Crippen LogP contribution in [0.5, 0.6) is 0 Å². The number of nitrogens with one attached hydrogen (secondary N) is 1. The summed E-state index contributed by atoms with van der Waals surface area (Å²) in [7, 11) is 3.82. The molecule has 80 valence electrons. The van der Waals surface area contributed by atoms with E-state index in [1.165, 1.54) is 0 Å². The highest BCUT2D eigenvalue weighted by atomic mass is 32.2. The van der Waals surface area contributed by atoms with Gasteiger partial charge in [0.15, 0.2) is 5.16 Å². The maximum absolute atomic E-state index is 4.22. The molecule has 2 rings (SSSR count). The summed E-state index contributed by atoms with van der Waals surface area (Å²) in [6.07, 6.45) is 3.73. The van der Waals surface area contributed by atoms with Crippen molar-refractivity contribution in [3.05, 3.63) is 17.4 Å². The summed E-state index contributed by atoms with van der Waals surface area (Å²) < 4.78 is 1.99. The molecule has 0 radical (unpaired) electrons. The molecule has 2 aromatic heterocycles. The summed E-state index contributed by atoms with van der Waals surface area (Å²) in [4.78, 5) is 4.22. The van der Waals surface area contributed by atoms with Gasteiger partial charge in [-0.1, -0.05) is 23.1 Å². The zero-order valence-corrected chi connectivity index (χ0v) is 10.1. The normalized spacial score (nSPS) is 10.5. The van der Waals surface area contributed by atoms with Gasteiger partial charge in [0.1, 0.15) is 5.01 Å². The molecular formula is C8H11N5S2. The summed E-state index contributed by atoms with van der Waals surface area (Å²) in [6.45, 7) is 0. The number of hydrogen-bond acceptors (Lipinski definition) is 6. The van der Waals surface area contributed by atoms with Crippen LogP contribution in [-0.2, 0) is 12.8 Å². The van der Waals surface area contributed by atoms with Gasteiger partial charge in [0.2, 0.25) is 5.13 Å². The topological polar surface area (TPSA) is 55.6 Å². The van der Waals surface area contributed by atoms with E-state index in [4.69, 9.17) is 0 Å². The standard InChI is InChI=1S/C8H11N5S2/c1-9-7-12-11-6(15-7)5-14-8-10-3-4-13(8)2/h3-4H,5H2,1-2H3,(H,9,12). The van der Waals surface area contributed by atoms with Crippen molar-refractivity contribution in [1.82, 2.24) is 19.7 Å². The van der Waals surface area contributed by atoms with Gasteiger partial charge in [-0.25, -0.2) is 4.98 Å². The van der Waals surface area contributed by atoms with Crippen molar-refractivity contribution < 1.29 is 0 Å². The van der Waals surface area contributed by atoms with Gasteiger partial charge in [0, 0.05) is 26.5 Å². The lowest BCUT2D eigenvalue weighted by Crippen LogP contribution is -1.89. The van der Waals surface area contributed by atoms with Gasteiger partial charge in [0.25, 0.3) is 0 Å². The number of imidazole rings is 1. The third-order valence-corrected chi connectivity index (χ3v) is 3.98. The molecule has 0 unspecified atom stereocenters. The molecule has 0 bridgehead atoms. The first-order valence-corrected chi connectivity index (χ1v) is 6.20. The molecule has 0 spiro atoms. The lowest BCUT2D eigenvalue weighted by Gasteiger charge is -1.97. The molecule has 5 nitrogen and oxygen atoms in total. The average Bonchev–Trinajstić information content (AvgIpc) is 2.84. The van der Waals surface area contributed by atoms with Crippen molar-refractivity contribution in [3.8, 4) is 0 Å². The van der Waals surface area contributed by atoms with Gasteiger partial charge in [-0.2, -0.15) is 0 Å². The van der Waals surface area contributed by atoms with E-state index in [2.05, 4.69) is 20.5 Å². The lowest BCUT2D eigenvalue weighted by molar-refractivity contribution is 0.789. The number of rotatable bonds is 4. The van der Waals surface area contributed by atoms with Crippen LogP contribution in [0.3, 0.4) is 0 Å². The SMILES string of the molecule is CNc1nnc(CSc2nccn2C)s1. The molecule has 1 N–H and O–H groups in total. The van der Waals surface area contributed by atoms with Crippen molar-refractivity contribution in [2.24, 2.45) is 7.05 Å². The molecule has 2 aromatic rings. The number of aryl methyl sites for hydroxylation is 1. The van der Waals surface area contributed by atoms with Crippen molar-refractivity contribution in [2.45, 2.75) is 10.9 Å².